The number of hydrogen-bond acceptors (Lipinski definition) is 2. The van der Waals surface area contributed by atoms with E-state index in [0.717, 1.165) is 31.6 Å². The van der Waals surface area contributed by atoms with E-state index < -0.39 is 0 Å². The first-order valence-corrected chi connectivity index (χ1v) is 7.10. The van der Waals surface area contributed by atoms with Crippen molar-refractivity contribution in [3.05, 3.63) is 53.3 Å². The van der Waals surface area contributed by atoms with Crippen LogP contribution in [0.4, 0.5) is 0 Å². The van der Waals surface area contributed by atoms with Crippen molar-refractivity contribution in [1.82, 2.24) is 15.1 Å². The molecule has 1 aromatic carbocycles. The zero-order chi connectivity index (χ0) is 13.9. The van der Waals surface area contributed by atoms with Crippen molar-refractivity contribution in [2.75, 3.05) is 13.1 Å². The van der Waals surface area contributed by atoms with Gasteiger partial charge >= 0.3 is 0 Å². The molecule has 1 aliphatic heterocycles. The first kappa shape index (κ1) is 12.9. The van der Waals surface area contributed by atoms with Crippen LogP contribution >= 0.6 is 0 Å². The SMILES string of the molecule is Cc1cc(C(=O)N2CCC(c3ccccc3)CC2)n[nH]1. The minimum absolute atomic E-state index is 0.0425. The Morgan fingerprint density at radius 1 is 1.25 bits per heavy atom. The van der Waals surface area contributed by atoms with Crippen LogP contribution in [0.5, 0.6) is 0 Å². The van der Waals surface area contributed by atoms with Crippen molar-refractivity contribution >= 4 is 5.91 Å². The van der Waals surface area contributed by atoms with Crippen LogP contribution in [0.1, 0.15) is 40.5 Å². The van der Waals surface area contributed by atoms with Crippen LogP contribution < -0.4 is 0 Å². The molecule has 4 nitrogen and oxygen atoms in total. The second-order valence-electron chi connectivity index (χ2n) is 5.41. The summed E-state index contributed by atoms with van der Waals surface area (Å²) < 4.78 is 0. The number of piperidine rings is 1. The number of rotatable bonds is 2. The second-order valence-corrected chi connectivity index (χ2v) is 5.41. The standard InChI is InChI=1S/C16H19N3O/c1-12-11-15(18-17-12)16(20)19-9-7-14(8-10-19)13-5-3-2-4-6-13/h2-6,11,14H,7-10H2,1H3,(H,17,18). The van der Waals surface area contributed by atoms with Crippen LogP contribution in [0, 0.1) is 6.92 Å². The van der Waals surface area contributed by atoms with E-state index in [2.05, 4.69) is 34.5 Å². The number of nitrogens with one attached hydrogen (secondary N) is 1. The molecule has 1 N–H and O–H groups in total. The molecule has 1 fully saturated rings. The third kappa shape index (κ3) is 2.59. The third-order valence-electron chi connectivity index (χ3n) is 3.98. The molecule has 1 aromatic heterocycles. The van der Waals surface area contributed by atoms with E-state index in [-0.39, 0.29) is 5.91 Å². The number of carbonyl (C=O) groups excluding carboxylic acids is 1. The molecule has 0 spiro atoms. The molecule has 1 amide bonds. The van der Waals surface area contributed by atoms with Gasteiger partial charge in [-0.05, 0) is 37.3 Å². The van der Waals surface area contributed by atoms with E-state index in [0.29, 0.717) is 11.6 Å². The van der Waals surface area contributed by atoms with Crippen molar-refractivity contribution in [1.29, 1.82) is 0 Å². The maximum atomic E-state index is 12.3. The molecule has 0 saturated carbocycles. The zero-order valence-electron chi connectivity index (χ0n) is 11.7. The summed E-state index contributed by atoms with van der Waals surface area (Å²) >= 11 is 0. The van der Waals surface area contributed by atoms with Gasteiger partial charge in [-0.25, -0.2) is 0 Å². The molecule has 0 radical (unpaired) electrons. The lowest BCUT2D eigenvalue weighted by Crippen LogP contribution is -2.38. The zero-order valence-corrected chi connectivity index (χ0v) is 11.7. The lowest BCUT2D eigenvalue weighted by molar-refractivity contribution is 0.0707. The molecule has 1 saturated heterocycles. The topological polar surface area (TPSA) is 49.0 Å². The monoisotopic (exact) mass is 269 g/mol. The summed E-state index contributed by atoms with van der Waals surface area (Å²) in [5.74, 6) is 0.613. The Morgan fingerprint density at radius 2 is 1.95 bits per heavy atom. The molecule has 2 heterocycles. The van der Waals surface area contributed by atoms with Crippen molar-refractivity contribution in [2.45, 2.75) is 25.7 Å². The van der Waals surface area contributed by atoms with Crippen LogP contribution in [0.25, 0.3) is 0 Å². The maximum absolute atomic E-state index is 12.3. The molecule has 4 heteroatoms. The number of amides is 1. The van der Waals surface area contributed by atoms with Crippen LogP contribution in [-0.4, -0.2) is 34.1 Å². The fourth-order valence-electron chi connectivity index (χ4n) is 2.83. The quantitative estimate of drug-likeness (QED) is 0.911. The minimum Gasteiger partial charge on any atom is -0.337 e. The Balaban J connectivity index is 1.63. The Bertz CT molecular complexity index is 583. The Kier molecular flexibility index (Phi) is 3.54. The van der Waals surface area contributed by atoms with Gasteiger partial charge in [-0.1, -0.05) is 30.3 Å². The maximum Gasteiger partial charge on any atom is 0.274 e. The predicted molar refractivity (Wildman–Crippen MR) is 77.6 cm³/mol. The fraction of sp³-hybridized carbons (Fsp3) is 0.375. The Labute approximate surface area is 118 Å². The highest BCUT2D eigenvalue weighted by Crippen LogP contribution is 2.28. The van der Waals surface area contributed by atoms with Gasteiger partial charge in [0.05, 0.1) is 0 Å². The highest BCUT2D eigenvalue weighted by molar-refractivity contribution is 5.92. The average Bonchev–Trinajstić information content (AvgIpc) is 2.94. The smallest absolute Gasteiger partial charge is 0.274 e. The number of likely N-dealkylation sites (tertiary alicyclic amines) is 1. The molecule has 0 atom stereocenters. The normalized spacial score (nSPS) is 16.4. The largest absolute Gasteiger partial charge is 0.337 e. The van der Waals surface area contributed by atoms with Gasteiger partial charge in [0.15, 0.2) is 0 Å². The first-order valence-electron chi connectivity index (χ1n) is 7.10. The van der Waals surface area contributed by atoms with E-state index in [4.69, 9.17) is 0 Å². The van der Waals surface area contributed by atoms with Gasteiger partial charge in [0.1, 0.15) is 5.69 Å². The van der Waals surface area contributed by atoms with E-state index in [1.54, 1.807) is 0 Å². The Morgan fingerprint density at radius 3 is 2.55 bits per heavy atom. The van der Waals surface area contributed by atoms with Crippen molar-refractivity contribution in [3.8, 4) is 0 Å². The van der Waals surface area contributed by atoms with Gasteiger partial charge in [-0.3, -0.25) is 9.89 Å². The van der Waals surface area contributed by atoms with Gasteiger partial charge in [-0.15, -0.1) is 0 Å². The van der Waals surface area contributed by atoms with Crippen LogP contribution in [-0.2, 0) is 0 Å². The summed E-state index contributed by atoms with van der Waals surface area (Å²) in [6.07, 6.45) is 2.05. The highest BCUT2D eigenvalue weighted by Gasteiger charge is 2.25. The molecule has 0 unspecified atom stereocenters. The van der Waals surface area contributed by atoms with Gasteiger partial charge in [0.2, 0.25) is 0 Å². The van der Waals surface area contributed by atoms with E-state index >= 15 is 0 Å². The number of carbonyl (C=O) groups is 1. The number of benzene rings is 1. The molecular weight excluding hydrogens is 250 g/mol. The lowest BCUT2D eigenvalue weighted by atomic mass is 9.89. The molecule has 1 aliphatic rings. The fourth-order valence-corrected chi connectivity index (χ4v) is 2.83. The summed E-state index contributed by atoms with van der Waals surface area (Å²) in [6.45, 7) is 3.53. The van der Waals surface area contributed by atoms with Crippen LogP contribution in [0.2, 0.25) is 0 Å². The van der Waals surface area contributed by atoms with Crippen molar-refractivity contribution < 1.29 is 4.79 Å². The number of aromatic amines is 1. The summed E-state index contributed by atoms with van der Waals surface area (Å²) in [4.78, 5) is 14.2. The molecule has 0 aliphatic carbocycles. The lowest BCUT2D eigenvalue weighted by Gasteiger charge is -2.31. The Hall–Kier alpha value is -2.10. The molecule has 3 rings (SSSR count). The molecule has 104 valence electrons. The van der Waals surface area contributed by atoms with Gasteiger partial charge in [-0.2, -0.15) is 5.10 Å². The first-order chi connectivity index (χ1) is 9.74. The summed E-state index contributed by atoms with van der Waals surface area (Å²) in [5.41, 5.74) is 2.84. The second kappa shape index (κ2) is 5.49. The minimum atomic E-state index is 0.0425. The number of H-pyrrole nitrogens is 1. The summed E-state index contributed by atoms with van der Waals surface area (Å²) in [7, 11) is 0. The van der Waals surface area contributed by atoms with Crippen molar-refractivity contribution in [2.24, 2.45) is 0 Å². The highest BCUT2D eigenvalue weighted by atomic mass is 16.2. The molecule has 0 bridgehead atoms. The van der Waals surface area contributed by atoms with E-state index in [1.807, 2.05) is 24.0 Å². The number of hydrogen-bond donors (Lipinski definition) is 1. The van der Waals surface area contributed by atoms with E-state index in [9.17, 15) is 4.79 Å². The summed E-state index contributed by atoms with van der Waals surface area (Å²) in [6, 6.07) is 12.4. The molecule has 2 aromatic rings. The van der Waals surface area contributed by atoms with Crippen LogP contribution in [0.3, 0.4) is 0 Å². The van der Waals surface area contributed by atoms with E-state index in [1.165, 1.54) is 5.56 Å². The number of aromatic nitrogens is 2. The van der Waals surface area contributed by atoms with Gasteiger partial charge in [0, 0.05) is 18.8 Å². The van der Waals surface area contributed by atoms with Crippen LogP contribution in [0.15, 0.2) is 36.4 Å². The van der Waals surface area contributed by atoms with Gasteiger partial charge in [0.25, 0.3) is 5.91 Å². The molecule has 20 heavy (non-hydrogen) atoms. The third-order valence-corrected chi connectivity index (χ3v) is 3.98. The molecular formula is C16H19N3O. The summed E-state index contributed by atoms with van der Waals surface area (Å²) in [5, 5.41) is 6.88. The average molecular weight is 269 g/mol. The number of aryl methyl sites for hydroxylation is 1. The van der Waals surface area contributed by atoms with Gasteiger partial charge < -0.3 is 4.90 Å². The predicted octanol–water partition coefficient (Wildman–Crippen LogP) is 2.74. The number of nitrogens with zero attached hydrogens (tertiary/aromatic N) is 2. The van der Waals surface area contributed by atoms with Crippen molar-refractivity contribution in [3.63, 3.8) is 0 Å².